The van der Waals surface area contributed by atoms with Gasteiger partial charge in [-0.25, -0.2) is 9.78 Å². The highest BCUT2D eigenvalue weighted by Gasteiger charge is 2.45. The van der Waals surface area contributed by atoms with Gasteiger partial charge in [0.15, 0.2) is 5.82 Å². The first-order valence-corrected chi connectivity index (χ1v) is 13.0. The van der Waals surface area contributed by atoms with Gasteiger partial charge in [0.05, 0.1) is 11.1 Å². The molecule has 2 saturated heterocycles. The number of carbonyl (C=O) groups is 2. The van der Waals surface area contributed by atoms with E-state index >= 15 is 0 Å². The fourth-order valence-electron chi connectivity index (χ4n) is 6.42. The first kappa shape index (κ1) is 24.6. The minimum atomic E-state index is -1.21. The minimum absolute atomic E-state index is 0.0390. The maximum absolute atomic E-state index is 13.4. The van der Waals surface area contributed by atoms with Crippen molar-refractivity contribution in [1.82, 2.24) is 35.0 Å². The summed E-state index contributed by atoms with van der Waals surface area (Å²) in [7, 11) is 0. The minimum Gasteiger partial charge on any atom is -0.457 e. The summed E-state index contributed by atoms with van der Waals surface area (Å²) >= 11 is 0. The monoisotopic (exact) mass is 517 g/mol. The molecule has 0 saturated carbocycles. The lowest BCUT2D eigenvalue weighted by atomic mass is 9.72. The van der Waals surface area contributed by atoms with Gasteiger partial charge in [-0.05, 0) is 73.7 Å². The van der Waals surface area contributed by atoms with Crippen LogP contribution in [0.25, 0.3) is 5.82 Å². The number of piperidine rings is 2. The molecule has 2 unspecified atom stereocenters. The summed E-state index contributed by atoms with van der Waals surface area (Å²) in [4.78, 5) is 33.9. The fourth-order valence-corrected chi connectivity index (χ4v) is 6.42. The van der Waals surface area contributed by atoms with E-state index in [2.05, 4.69) is 25.4 Å². The van der Waals surface area contributed by atoms with E-state index in [4.69, 9.17) is 4.74 Å². The number of aliphatic hydroxyl groups is 1. The van der Waals surface area contributed by atoms with E-state index in [1.54, 1.807) is 24.4 Å². The van der Waals surface area contributed by atoms with Gasteiger partial charge in [-0.1, -0.05) is 6.07 Å². The van der Waals surface area contributed by atoms with Crippen LogP contribution in [0, 0.1) is 12.3 Å². The number of hydrogen-bond acceptors (Lipinski definition) is 9. The summed E-state index contributed by atoms with van der Waals surface area (Å²) in [6.45, 7) is 6.81. The molecule has 3 aliphatic rings. The standard InChI is InChI=1S/C27H31N7O4/c1-18-21-14-38-25(36)20(21)6-7-22(18)26(2,37)33-12-4-10-27(16-33)9-3-11-32(15-27)24(35)19-5-8-23(28-13-19)34-17-29-30-31-34/h5-8,13,17,37H,3-4,9-12,14-16H2,1-2H3. The van der Waals surface area contributed by atoms with Crippen LogP contribution in [0.3, 0.4) is 0 Å². The van der Waals surface area contributed by atoms with E-state index in [-0.39, 0.29) is 23.9 Å². The van der Waals surface area contributed by atoms with Gasteiger partial charge in [-0.3, -0.25) is 9.69 Å². The second-order valence-corrected chi connectivity index (χ2v) is 10.9. The number of nitrogens with zero attached hydrogens (tertiary/aromatic N) is 7. The zero-order valence-corrected chi connectivity index (χ0v) is 21.6. The van der Waals surface area contributed by atoms with Crippen LogP contribution < -0.4 is 0 Å². The van der Waals surface area contributed by atoms with Crippen molar-refractivity contribution in [2.24, 2.45) is 5.41 Å². The number of hydrogen-bond donors (Lipinski definition) is 1. The molecule has 11 heteroatoms. The lowest BCUT2D eigenvalue weighted by Gasteiger charge is -2.52. The second-order valence-electron chi connectivity index (χ2n) is 10.9. The molecule has 3 aliphatic heterocycles. The Hall–Kier alpha value is -3.70. The molecule has 5 heterocycles. The van der Waals surface area contributed by atoms with Gasteiger partial charge in [0.1, 0.15) is 18.7 Å². The third-order valence-electron chi connectivity index (χ3n) is 8.48. The van der Waals surface area contributed by atoms with E-state index in [9.17, 15) is 14.7 Å². The van der Waals surface area contributed by atoms with Gasteiger partial charge in [-0.2, -0.15) is 4.68 Å². The molecular formula is C27H31N7O4. The molecule has 1 spiro atoms. The number of tetrazole rings is 1. The quantitative estimate of drug-likeness (QED) is 0.518. The smallest absolute Gasteiger partial charge is 0.338 e. The summed E-state index contributed by atoms with van der Waals surface area (Å²) in [6, 6.07) is 7.11. The van der Waals surface area contributed by atoms with Crippen molar-refractivity contribution in [2.45, 2.75) is 51.9 Å². The van der Waals surface area contributed by atoms with Crippen molar-refractivity contribution < 1.29 is 19.4 Å². The van der Waals surface area contributed by atoms with E-state index in [0.717, 1.165) is 48.9 Å². The number of fused-ring (bicyclic) bond motifs is 1. The number of benzene rings is 1. The number of esters is 1. The zero-order chi connectivity index (χ0) is 26.5. The Labute approximate surface area is 220 Å². The fraction of sp³-hybridized carbons (Fsp3) is 0.481. The van der Waals surface area contributed by atoms with Crippen LogP contribution in [0.4, 0.5) is 0 Å². The lowest BCUT2D eigenvalue weighted by Crippen LogP contribution is -2.58. The summed E-state index contributed by atoms with van der Waals surface area (Å²) < 4.78 is 6.66. The highest BCUT2D eigenvalue weighted by Crippen LogP contribution is 2.43. The third-order valence-corrected chi connectivity index (χ3v) is 8.48. The highest BCUT2D eigenvalue weighted by molar-refractivity contribution is 5.94. The predicted octanol–water partition coefficient (Wildman–Crippen LogP) is 2.22. The maximum atomic E-state index is 13.4. The van der Waals surface area contributed by atoms with E-state index in [1.165, 1.54) is 11.0 Å². The second kappa shape index (κ2) is 9.25. The Morgan fingerprint density at radius 2 is 1.95 bits per heavy atom. The van der Waals surface area contributed by atoms with Crippen LogP contribution in [-0.2, 0) is 17.1 Å². The first-order chi connectivity index (χ1) is 18.3. The van der Waals surface area contributed by atoms with Crippen LogP contribution in [0.5, 0.6) is 0 Å². The Bertz CT molecular complexity index is 1370. The average molecular weight is 518 g/mol. The van der Waals surface area contributed by atoms with Crippen molar-refractivity contribution in [1.29, 1.82) is 0 Å². The summed E-state index contributed by atoms with van der Waals surface area (Å²) in [5.74, 6) is 0.200. The Morgan fingerprint density at radius 1 is 1.13 bits per heavy atom. The van der Waals surface area contributed by atoms with E-state index in [1.807, 2.05) is 24.8 Å². The average Bonchev–Trinajstić information content (AvgIpc) is 3.59. The largest absolute Gasteiger partial charge is 0.457 e. The molecule has 38 heavy (non-hydrogen) atoms. The number of cyclic esters (lactones) is 1. The number of carbonyl (C=O) groups excluding carboxylic acids is 2. The van der Waals surface area contributed by atoms with Crippen LogP contribution in [0.15, 0.2) is 36.8 Å². The molecule has 11 nitrogen and oxygen atoms in total. The molecule has 0 bridgehead atoms. The van der Waals surface area contributed by atoms with Gasteiger partial charge in [0.25, 0.3) is 5.91 Å². The van der Waals surface area contributed by atoms with Gasteiger partial charge in [0, 0.05) is 48.9 Å². The van der Waals surface area contributed by atoms with Crippen LogP contribution in [0.1, 0.15) is 70.0 Å². The number of amides is 1. The zero-order valence-electron chi connectivity index (χ0n) is 21.6. The van der Waals surface area contributed by atoms with Crippen LogP contribution >= 0.6 is 0 Å². The Morgan fingerprint density at radius 3 is 2.68 bits per heavy atom. The predicted molar refractivity (Wildman–Crippen MR) is 135 cm³/mol. The number of likely N-dealkylation sites (tertiary alicyclic amines) is 2. The van der Waals surface area contributed by atoms with Crippen LogP contribution in [0.2, 0.25) is 0 Å². The maximum Gasteiger partial charge on any atom is 0.338 e. The highest BCUT2D eigenvalue weighted by atomic mass is 16.5. The molecule has 2 fully saturated rings. The SMILES string of the molecule is Cc1c(C(C)(O)N2CCCC3(CCCN(C(=O)c4ccc(-n5cnnn5)nc4)C3)C2)ccc2c1COC2=O. The normalized spacial score (nSPS) is 23.2. The topological polar surface area (TPSA) is 127 Å². The number of pyridine rings is 1. The van der Waals surface area contributed by atoms with Crippen LogP contribution in [-0.4, -0.2) is 78.2 Å². The summed E-state index contributed by atoms with van der Waals surface area (Å²) in [5.41, 5.74) is 2.36. The van der Waals surface area contributed by atoms with Gasteiger partial charge >= 0.3 is 5.97 Å². The van der Waals surface area contributed by atoms with Crippen molar-refractivity contribution in [3.8, 4) is 5.82 Å². The molecular weight excluding hydrogens is 486 g/mol. The lowest BCUT2D eigenvalue weighted by molar-refractivity contribution is -0.139. The molecule has 6 rings (SSSR count). The van der Waals surface area contributed by atoms with Gasteiger partial charge in [0.2, 0.25) is 0 Å². The number of rotatable bonds is 4. The number of aromatic nitrogens is 5. The molecule has 2 atom stereocenters. The molecule has 3 aromatic rings. The summed E-state index contributed by atoms with van der Waals surface area (Å²) in [6.07, 6.45) is 6.89. The molecule has 1 aromatic carbocycles. The number of ether oxygens (including phenoxy) is 1. The molecule has 0 aliphatic carbocycles. The van der Waals surface area contributed by atoms with Crippen molar-refractivity contribution >= 4 is 11.9 Å². The third kappa shape index (κ3) is 4.15. The molecule has 1 N–H and O–H groups in total. The van der Waals surface area contributed by atoms with Crippen molar-refractivity contribution in [2.75, 3.05) is 26.2 Å². The Balaban J connectivity index is 1.20. The van der Waals surface area contributed by atoms with E-state index in [0.29, 0.717) is 36.6 Å². The van der Waals surface area contributed by atoms with Gasteiger partial charge in [-0.15, -0.1) is 5.10 Å². The Kier molecular flexibility index (Phi) is 5.99. The molecule has 1 amide bonds. The molecule has 198 valence electrons. The molecule has 0 radical (unpaired) electrons. The first-order valence-electron chi connectivity index (χ1n) is 13.0. The van der Waals surface area contributed by atoms with E-state index < -0.39 is 5.72 Å². The molecule has 2 aromatic heterocycles. The summed E-state index contributed by atoms with van der Waals surface area (Å²) in [5, 5.41) is 22.9. The van der Waals surface area contributed by atoms with Crippen molar-refractivity contribution in [3.63, 3.8) is 0 Å². The van der Waals surface area contributed by atoms with Gasteiger partial charge < -0.3 is 14.7 Å². The van der Waals surface area contributed by atoms with Crippen molar-refractivity contribution in [3.05, 3.63) is 64.6 Å².